The third kappa shape index (κ3) is 7.51. The van der Waals surface area contributed by atoms with Gasteiger partial charge >= 0.3 is 0 Å². The molecular weight excluding hydrogens is 495 g/mol. The molecule has 0 aromatic heterocycles. The standard InChI is InChI=1S/C32H42F4O.FH/c1-3-4-5-6-22-7-11-24(12-8-22)25-15-17-28(18-16-25)32(35,36)21-23-9-13-26(14-10-23)27-19-29(33)31(37-2)30(34)20-27;/h7-8,11-12,19-20,23,25-26,28H,3-6,9-10,13-18,21H2,1-2H3;1H. The largest absolute Gasteiger partial charge is 0.491 e. The Bertz CT molecular complexity index is 966. The molecule has 38 heavy (non-hydrogen) atoms. The number of halogens is 5. The highest BCUT2D eigenvalue weighted by atomic mass is 19.3. The number of benzene rings is 2. The van der Waals surface area contributed by atoms with Crippen LogP contribution in [0.25, 0.3) is 0 Å². The van der Waals surface area contributed by atoms with Crippen molar-refractivity contribution in [2.45, 2.75) is 108 Å². The molecule has 0 radical (unpaired) electrons. The van der Waals surface area contributed by atoms with E-state index in [1.165, 1.54) is 49.6 Å². The van der Waals surface area contributed by atoms with Gasteiger partial charge in [-0.15, -0.1) is 0 Å². The smallest absolute Gasteiger partial charge is 0.251 e. The summed E-state index contributed by atoms with van der Waals surface area (Å²) < 4.78 is 63.6. The number of alkyl halides is 2. The second-order valence-corrected chi connectivity index (χ2v) is 11.4. The average Bonchev–Trinajstić information content (AvgIpc) is 2.89. The van der Waals surface area contributed by atoms with E-state index in [-0.39, 0.29) is 28.7 Å². The van der Waals surface area contributed by atoms with Crippen LogP contribution in [0.4, 0.5) is 22.3 Å². The van der Waals surface area contributed by atoms with E-state index < -0.39 is 23.5 Å². The number of hydrogen-bond acceptors (Lipinski definition) is 1. The van der Waals surface area contributed by atoms with Gasteiger partial charge in [-0.2, -0.15) is 0 Å². The molecule has 0 saturated heterocycles. The molecule has 0 bridgehead atoms. The van der Waals surface area contributed by atoms with E-state index in [1.807, 2.05) is 0 Å². The lowest BCUT2D eigenvalue weighted by Crippen LogP contribution is -2.34. The van der Waals surface area contributed by atoms with Crippen LogP contribution in [0.15, 0.2) is 36.4 Å². The van der Waals surface area contributed by atoms with Gasteiger partial charge in [-0.3, -0.25) is 4.70 Å². The Balaban J connectivity index is 0.00000400. The first kappa shape index (κ1) is 30.4. The topological polar surface area (TPSA) is 9.23 Å². The fourth-order valence-corrected chi connectivity index (χ4v) is 6.65. The van der Waals surface area contributed by atoms with E-state index in [0.29, 0.717) is 50.0 Å². The summed E-state index contributed by atoms with van der Waals surface area (Å²) in [7, 11) is 1.24. The van der Waals surface area contributed by atoms with Gasteiger partial charge in [-0.25, -0.2) is 17.6 Å². The third-order valence-electron chi connectivity index (χ3n) is 8.95. The highest BCUT2D eigenvalue weighted by Crippen LogP contribution is 2.47. The minimum absolute atomic E-state index is 0. The van der Waals surface area contributed by atoms with E-state index >= 15 is 8.78 Å². The molecule has 1 nitrogen and oxygen atoms in total. The van der Waals surface area contributed by atoms with E-state index in [4.69, 9.17) is 4.74 Å². The van der Waals surface area contributed by atoms with Crippen LogP contribution in [0.1, 0.15) is 112 Å². The number of aryl methyl sites for hydroxylation is 1. The lowest BCUT2D eigenvalue weighted by molar-refractivity contribution is -0.0929. The Labute approximate surface area is 224 Å². The Kier molecular flexibility index (Phi) is 11.1. The summed E-state index contributed by atoms with van der Waals surface area (Å²) >= 11 is 0. The summed E-state index contributed by atoms with van der Waals surface area (Å²) in [6.07, 6.45) is 10.3. The number of unbranched alkanes of at least 4 members (excludes halogenated alkanes) is 2. The van der Waals surface area contributed by atoms with Gasteiger partial charge in [0.1, 0.15) is 0 Å². The molecule has 0 amide bonds. The predicted octanol–water partition coefficient (Wildman–Crippen LogP) is 10.1. The van der Waals surface area contributed by atoms with Crippen molar-refractivity contribution in [2.75, 3.05) is 7.11 Å². The van der Waals surface area contributed by atoms with Crippen LogP contribution >= 0.6 is 0 Å². The molecule has 0 spiro atoms. The third-order valence-corrected chi connectivity index (χ3v) is 8.95. The Morgan fingerprint density at radius 3 is 1.89 bits per heavy atom. The Morgan fingerprint density at radius 1 is 0.789 bits per heavy atom. The molecule has 0 N–H and O–H groups in total. The maximum atomic E-state index is 15.3. The van der Waals surface area contributed by atoms with Gasteiger partial charge in [0, 0.05) is 12.3 Å². The zero-order chi connectivity index (χ0) is 26.4. The average molecular weight is 539 g/mol. The lowest BCUT2D eigenvalue weighted by Gasteiger charge is -2.37. The number of ether oxygens (including phenoxy) is 1. The molecule has 2 aromatic carbocycles. The first-order valence-corrected chi connectivity index (χ1v) is 14.3. The number of rotatable bonds is 10. The minimum atomic E-state index is -2.65. The van der Waals surface area contributed by atoms with Gasteiger partial charge in [-0.1, -0.05) is 44.0 Å². The molecule has 0 heterocycles. The fraction of sp³-hybridized carbons (Fsp3) is 0.625. The highest BCUT2D eigenvalue weighted by molar-refractivity contribution is 5.33. The summed E-state index contributed by atoms with van der Waals surface area (Å²) in [6, 6.07) is 11.5. The monoisotopic (exact) mass is 538 g/mol. The zero-order valence-corrected chi connectivity index (χ0v) is 22.8. The normalized spacial score (nSPS) is 24.1. The quantitative estimate of drug-likeness (QED) is 0.216. The van der Waals surface area contributed by atoms with E-state index in [1.54, 1.807) is 0 Å². The molecule has 4 rings (SSSR count). The van der Waals surface area contributed by atoms with Crippen LogP contribution < -0.4 is 4.74 Å². The number of hydrogen-bond donors (Lipinski definition) is 0. The van der Waals surface area contributed by atoms with Crippen LogP contribution in [-0.4, -0.2) is 13.0 Å². The second-order valence-electron chi connectivity index (χ2n) is 11.4. The summed E-state index contributed by atoms with van der Waals surface area (Å²) in [5, 5.41) is 0. The molecule has 2 fully saturated rings. The summed E-state index contributed by atoms with van der Waals surface area (Å²) in [5.74, 6) is -4.60. The molecule has 0 aliphatic heterocycles. The van der Waals surface area contributed by atoms with Crippen LogP contribution in [0.2, 0.25) is 0 Å². The van der Waals surface area contributed by atoms with Gasteiger partial charge < -0.3 is 4.74 Å². The molecule has 0 unspecified atom stereocenters. The van der Waals surface area contributed by atoms with Gasteiger partial charge in [0.25, 0.3) is 5.92 Å². The molecular formula is C32H43F5O. The maximum absolute atomic E-state index is 15.3. The van der Waals surface area contributed by atoms with Crippen molar-refractivity contribution in [1.29, 1.82) is 0 Å². The Hall–Kier alpha value is -2.11. The molecule has 6 heteroatoms. The Morgan fingerprint density at radius 2 is 1.34 bits per heavy atom. The summed E-state index contributed by atoms with van der Waals surface area (Å²) in [6.45, 7) is 2.21. The summed E-state index contributed by atoms with van der Waals surface area (Å²) in [5.41, 5.74) is 3.27. The van der Waals surface area contributed by atoms with E-state index in [0.717, 1.165) is 19.3 Å². The van der Waals surface area contributed by atoms with Gasteiger partial charge in [0.05, 0.1) is 7.11 Å². The van der Waals surface area contributed by atoms with Gasteiger partial charge in [0.2, 0.25) is 0 Å². The van der Waals surface area contributed by atoms with Crippen molar-refractivity contribution in [1.82, 2.24) is 0 Å². The van der Waals surface area contributed by atoms with Crippen molar-refractivity contribution in [3.05, 3.63) is 64.7 Å². The van der Waals surface area contributed by atoms with Crippen LogP contribution in [0.3, 0.4) is 0 Å². The molecule has 2 aliphatic rings. The van der Waals surface area contributed by atoms with Gasteiger partial charge in [0.15, 0.2) is 17.4 Å². The SMILES string of the molecule is CCCCCc1ccc(C2CCC(C(F)(F)CC3CCC(c4cc(F)c(OC)c(F)c4)CC3)CC2)cc1.F. The van der Waals surface area contributed by atoms with Crippen molar-refractivity contribution >= 4 is 0 Å². The first-order chi connectivity index (χ1) is 17.8. The second kappa shape index (κ2) is 13.8. The van der Waals surface area contributed by atoms with E-state index in [9.17, 15) is 8.78 Å². The first-order valence-electron chi connectivity index (χ1n) is 14.3. The van der Waals surface area contributed by atoms with Crippen LogP contribution in [0, 0.1) is 23.5 Å². The molecule has 212 valence electrons. The van der Waals surface area contributed by atoms with Crippen LogP contribution in [-0.2, 0) is 6.42 Å². The number of methoxy groups -OCH3 is 1. The van der Waals surface area contributed by atoms with Crippen LogP contribution in [0.5, 0.6) is 5.75 Å². The maximum Gasteiger partial charge on any atom is 0.251 e. The molecule has 2 saturated carbocycles. The van der Waals surface area contributed by atoms with E-state index in [2.05, 4.69) is 31.2 Å². The van der Waals surface area contributed by atoms with Crippen molar-refractivity contribution in [3.63, 3.8) is 0 Å². The van der Waals surface area contributed by atoms with Crippen molar-refractivity contribution < 1.29 is 27.0 Å². The molecule has 2 aliphatic carbocycles. The minimum Gasteiger partial charge on any atom is -0.491 e. The lowest BCUT2D eigenvalue weighted by atomic mass is 9.72. The van der Waals surface area contributed by atoms with Gasteiger partial charge in [-0.05, 0) is 111 Å². The summed E-state index contributed by atoms with van der Waals surface area (Å²) in [4.78, 5) is 0. The predicted molar refractivity (Wildman–Crippen MR) is 144 cm³/mol. The zero-order valence-electron chi connectivity index (χ0n) is 22.8. The fourth-order valence-electron chi connectivity index (χ4n) is 6.65. The molecule has 0 atom stereocenters. The van der Waals surface area contributed by atoms with Crippen molar-refractivity contribution in [2.24, 2.45) is 11.8 Å². The molecule has 2 aromatic rings. The highest BCUT2D eigenvalue weighted by Gasteiger charge is 2.43. The van der Waals surface area contributed by atoms with Crippen molar-refractivity contribution in [3.8, 4) is 5.75 Å².